The van der Waals surface area contributed by atoms with E-state index in [4.69, 9.17) is 11.3 Å². The molecule has 4 rings (SSSR count). The fourth-order valence-corrected chi connectivity index (χ4v) is 2.83. The highest BCUT2D eigenvalue weighted by Crippen LogP contribution is 2.31. The lowest BCUT2D eigenvalue weighted by atomic mass is 10.1. The lowest BCUT2D eigenvalue weighted by molar-refractivity contribution is 0.416. The summed E-state index contributed by atoms with van der Waals surface area (Å²) in [5.41, 5.74) is 2.74. The van der Waals surface area contributed by atoms with Gasteiger partial charge in [-0.1, -0.05) is 18.7 Å². The molecule has 0 atom stereocenters. The molecule has 1 aromatic carbocycles. The van der Waals surface area contributed by atoms with Crippen molar-refractivity contribution in [3.8, 4) is 17.0 Å². The van der Waals surface area contributed by atoms with E-state index in [1.807, 2.05) is 42.5 Å². The van der Waals surface area contributed by atoms with Gasteiger partial charge in [-0.25, -0.2) is 9.97 Å². The minimum Gasteiger partial charge on any atom is -0.496 e. The van der Waals surface area contributed by atoms with Gasteiger partial charge in [0.05, 0.1) is 19.0 Å². The van der Waals surface area contributed by atoms with E-state index >= 15 is 0 Å². The average Bonchev–Trinajstić information content (AvgIpc) is 3.27. The summed E-state index contributed by atoms with van der Waals surface area (Å²) in [6.45, 7) is 7.55. The number of benzene rings is 1. The summed E-state index contributed by atoms with van der Waals surface area (Å²) in [6.07, 6.45) is 4.65. The van der Waals surface area contributed by atoms with Gasteiger partial charge in [0.25, 0.3) is 5.82 Å². The van der Waals surface area contributed by atoms with Crippen LogP contribution in [-0.4, -0.2) is 32.3 Å². The summed E-state index contributed by atoms with van der Waals surface area (Å²) in [6, 6.07) is 13.6. The molecule has 0 unspecified atom stereocenters. The van der Waals surface area contributed by atoms with Crippen molar-refractivity contribution < 1.29 is 4.74 Å². The third-order valence-electron chi connectivity index (χ3n) is 4.28. The molecule has 3 N–H and O–H groups in total. The van der Waals surface area contributed by atoms with Crippen LogP contribution in [0.25, 0.3) is 16.1 Å². The number of hydrogen-bond donors (Lipinski definition) is 3. The van der Waals surface area contributed by atoms with Crippen LogP contribution in [0.1, 0.15) is 5.56 Å². The van der Waals surface area contributed by atoms with Crippen molar-refractivity contribution in [2.75, 3.05) is 17.7 Å². The first-order valence-electron chi connectivity index (χ1n) is 9.09. The monoisotopic (exact) mass is 398 g/mol. The van der Waals surface area contributed by atoms with E-state index in [2.05, 4.69) is 40.6 Å². The SMILES string of the molecule is [C-]#[N+]c1cnc(Nc2cc(-c3ccc(CNc4ccccn4)cc3OC)[nH]n2)cn1. The lowest BCUT2D eigenvalue weighted by Crippen LogP contribution is -2.01. The zero-order valence-corrected chi connectivity index (χ0v) is 16.1. The molecule has 9 heteroatoms. The lowest BCUT2D eigenvalue weighted by Gasteiger charge is -2.10. The van der Waals surface area contributed by atoms with Crippen LogP contribution in [0.3, 0.4) is 0 Å². The molecule has 0 bridgehead atoms. The second kappa shape index (κ2) is 8.70. The molecule has 0 spiro atoms. The van der Waals surface area contributed by atoms with Gasteiger partial charge in [0.1, 0.15) is 11.6 Å². The molecule has 148 valence electrons. The summed E-state index contributed by atoms with van der Waals surface area (Å²) < 4.78 is 5.58. The molecule has 30 heavy (non-hydrogen) atoms. The number of pyridine rings is 1. The normalized spacial score (nSPS) is 10.3. The van der Waals surface area contributed by atoms with Gasteiger partial charge in [-0.15, -0.1) is 4.98 Å². The molecule has 3 heterocycles. The summed E-state index contributed by atoms with van der Waals surface area (Å²) in [5, 5.41) is 13.6. The zero-order valence-electron chi connectivity index (χ0n) is 16.1. The molecule has 0 aliphatic rings. The Hall–Kier alpha value is -4.45. The quantitative estimate of drug-likeness (QED) is 0.401. The first-order chi connectivity index (χ1) is 14.7. The number of ether oxygens (including phenoxy) is 1. The van der Waals surface area contributed by atoms with Crippen LogP contribution in [0, 0.1) is 6.57 Å². The number of rotatable bonds is 7. The van der Waals surface area contributed by atoms with Gasteiger partial charge in [0, 0.05) is 24.4 Å². The summed E-state index contributed by atoms with van der Waals surface area (Å²) in [5.74, 6) is 2.87. The molecule has 3 aromatic heterocycles. The van der Waals surface area contributed by atoms with E-state index in [1.165, 1.54) is 12.4 Å². The van der Waals surface area contributed by atoms with Crippen LogP contribution in [-0.2, 0) is 6.54 Å². The molecule has 0 saturated carbocycles. The van der Waals surface area contributed by atoms with Crippen LogP contribution in [0.5, 0.6) is 5.75 Å². The largest absolute Gasteiger partial charge is 0.496 e. The third-order valence-corrected chi connectivity index (χ3v) is 4.28. The van der Waals surface area contributed by atoms with Crippen molar-refractivity contribution in [1.29, 1.82) is 0 Å². The Balaban J connectivity index is 1.48. The maximum Gasteiger partial charge on any atom is 0.288 e. The summed E-state index contributed by atoms with van der Waals surface area (Å²) in [7, 11) is 1.64. The minimum absolute atomic E-state index is 0.241. The molecule has 0 aliphatic carbocycles. The van der Waals surface area contributed by atoms with Crippen molar-refractivity contribution in [3.63, 3.8) is 0 Å². The number of hydrogen-bond acceptors (Lipinski definition) is 7. The first kappa shape index (κ1) is 18.9. The fourth-order valence-electron chi connectivity index (χ4n) is 2.83. The Morgan fingerprint density at radius 3 is 2.70 bits per heavy atom. The Morgan fingerprint density at radius 2 is 1.97 bits per heavy atom. The van der Waals surface area contributed by atoms with Gasteiger partial charge >= 0.3 is 0 Å². The predicted molar refractivity (Wildman–Crippen MR) is 114 cm³/mol. The average molecular weight is 398 g/mol. The highest BCUT2D eigenvalue weighted by molar-refractivity contribution is 5.71. The molecule has 0 fully saturated rings. The van der Waals surface area contributed by atoms with Crippen molar-refractivity contribution in [2.45, 2.75) is 6.54 Å². The summed E-state index contributed by atoms with van der Waals surface area (Å²) in [4.78, 5) is 15.6. The van der Waals surface area contributed by atoms with E-state index in [0.29, 0.717) is 18.2 Å². The first-order valence-corrected chi connectivity index (χ1v) is 9.09. The Labute approximate surface area is 173 Å². The topological polar surface area (TPSA) is 105 Å². The Bertz CT molecular complexity index is 1170. The van der Waals surface area contributed by atoms with Crippen LogP contribution in [0.4, 0.5) is 23.3 Å². The second-order valence-electron chi connectivity index (χ2n) is 6.27. The highest BCUT2D eigenvalue weighted by Gasteiger charge is 2.11. The van der Waals surface area contributed by atoms with E-state index in [0.717, 1.165) is 28.4 Å². The van der Waals surface area contributed by atoms with Crippen LogP contribution in [0.15, 0.2) is 61.1 Å². The molecular formula is C21H18N8O. The van der Waals surface area contributed by atoms with Gasteiger partial charge in [-0.3, -0.25) is 5.10 Å². The number of H-pyrrole nitrogens is 1. The van der Waals surface area contributed by atoms with Crippen molar-refractivity contribution >= 4 is 23.3 Å². The standard InChI is InChI=1S/C21H18N8O/c1-22-20-12-26-21(13-25-20)27-19-10-16(28-29-19)15-7-6-14(9-17(15)30-2)11-24-18-5-3-4-8-23-18/h3-10,12-13H,11H2,2H3,(H,23,24)(H2,26,27,28,29). The molecule has 0 saturated heterocycles. The number of anilines is 3. The van der Waals surface area contributed by atoms with Gasteiger partial charge in [0.2, 0.25) is 0 Å². The Kier molecular flexibility index (Phi) is 5.48. The van der Waals surface area contributed by atoms with E-state index in [1.54, 1.807) is 13.3 Å². The summed E-state index contributed by atoms with van der Waals surface area (Å²) >= 11 is 0. The van der Waals surface area contributed by atoms with Crippen LogP contribution in [0.2, 0.25) is 0 Å². The maximum atomic E-state index is 6.92. The van der Waals surface area contributed by atoms with Crippen LogP contribution >= 0.6 is 0 Å². The van der Waals surface area contributed by atoms with Crippen LogP contribution < -0.4 is 15.4 Å². The number of aromatic amines is 1. The third kappa shape index (κ3) is 4.34. The van der Waals surface area contributed by atoms with E-state index in [9.17, 15) is 0 Å². The van der Waals surface area contributed by atoms with Crippen molar-refractivity contribution in [1.82, 2.24) is 25.1 Å². The molecular weight excluding hydrogens is 380 g/mol. The van der Waals surface area contributed by atoms with E-state index < -0.39 is 0 Å². The van der Waals surface area contributed by atoms with Gasteiger partial charge in [0.15, 0.2) is 17.8 Å². The molecule has 0 radical (unpaired) electrons. The van der Waals surface area contributed by atoms with Gasteiger partial charge in [-0.05, 0) is 29.8 Å². The second-order valence-corrected chi connectivity index (χ2v) is 6.27. The van der Waals surface area contributed by atoms with Crippen molar-refractivity contribution in [2.24, 2.45) is 0 Å². The van der Waals surface area contributed by atoms with Crippen molar-refractivity contribution in [3.05, 3.63) is 78.0 Å². The Morgan fingerprint density at radius 1 is 1.03 bits per heavy atom. The zero-order chi connectivity index (χ0) is 20.8. The highest BCUT2D eigenvalue weighted by atomic mass is 16.5. The predicted octanol–water partition coefficient (Wildman–Crippen LogP) is 4.18. The number of methoxy groups -OCH3 is 1. The minimum atomic E-state index is 0.241. The maximum absolute atomic E-state index is 6.92. The number of aromatic nitrogens is 5. The fraction of sp³-hybridized carbons (Fsp3) is 0.0952. The van der Waals surface area contributed by atoms with E-state index in [-0.39, 0.29) is 5.82 Å². The molecule has 0 amide bonds. The smallest absolute Gasteiger partial charge is 0.288 e. The van der Waals surface area contributed by atoms with Gasteiger partial charge in [-0.2, -0.15) is 5.10 Å². The molecule has 9 nitrogen and oxygen atoms in total. The number of nitrogens with zero attached hydrogens (tertiary/aromatic N) is 5. The molecule has 4 aromatic rings. The molecule has 0 aliphatic heterocycles. The number of nitrogens with one attached hydrogen (secondary N) is 3. The van der Waals surface area contributed by atoms with Gasteiger partial charge < -0.3 is 20.2 Å².